The molecule has 8 nitrogen and oxygen atoms in total. The molecule has 8 heteroatoms. The van der Waals surface area contributed by atoms with Crippen molar-refractivity contribution in [1.82, 2.24) is 9.88 Å². The van der Waals surface area contributed by atoms with Gasteiger partial charge in [0.1, 0.15) is 11.5 Å². The van der Waals surface area contributed by atoms with Gasteiger partial charge in [0.15, 0.2) is 0 Å². The predicted molar refractivity (Wildman–Crippen MR) is 123 cm³/mol. The number of benzene rings is 2. The highest BCUT2D eigenvalue weighted by atomic mass is 16.5. The summed E-state index contributed by atoms with van der Waals surface area (Å²) >= 11 is 0. The van der Waals surface area contributed by atoms with Crippen molar-refractivity contribution < 1.29 is 29.0 Å². The molecule has 1 aromatic heterocycles. The van der Waals surface area contributed by atoms with Crippen LogP contribution in [0.1, 0.15) is 33.1 Å². The molecule has 0 saturated carbocycles. The molecule has 2 heterocycles. The monoisotopic (exact) mass is 458 g/mol. The summed E-state index contributed by atoms with van der Waals surface area (Å²) in [6, 6.07) is 15.9. The number of carbonyl (C=O) groups excluding carboxylic acids is 3. The number of methoxy groups -OCH3 is 2. The molecule has 34 heavy (non-hydrogen) atoms. The second-order valence-corrected chi connectivity index (χ2v) is 7.63. The maximum atomic E-state index is 13.1. The second-order valence-electron chi connectivity index (χ2n) is 7.63. The van der Waals surface area contributed by atoms with Crippen LogP contribution in [0.3, 0.4) is 0 Å². The number of aromatic nitrogens is 1. The minimum Gasteiger partial charge on any atom is -0.507 e. The topological polar surface area (TPSA) is 106 Å². The highest BCUT2D eigenvalue weighted by Crippen LogP contribution is 2.41. The zero-order valence-corrected chi connectivity index (χ0v) is 18.6. The van der Waals surface area contributed by atoms with Crippen LogP contribution in [0.15, 0.2) is 78.6 Å². The first kappa shape index (κ1) is 22.7. The van der Waals surface area contributed by atoms with E-state index in [1.54, 1.807) is 60.7 Å². The van der Waals surface area contributed by atoms with E-state index in [0.29, 0.717) is 28.0 Å². The molecular weight excluding hydrogens is 436 g/mol. The molecule has 2 aromatic carbocycles. The number of ketones is 1. The Kier molecular flexibility index (Phi) is 6.40. The van der Waals surface area contributed by atoms with Gasteiger partial charge in [-0.3, -0.25) is 14.6 Å². The maximum Gasteiger partial charge on any atom is 0.337 e. The second kappa shape index (κ2) is 9.58. The summed E-state index contributed by atoms with van der Waals surface area (Å²) in [7, 11) is 2.82. The molecule has 0 radical (unpaired) electrons. The summed E-state index contributed by atoms with van der Waals surface area (Å²) in [6.45, 7) is 0.0844. The van der Waals surface area contributed by atoms with Crippen LogP contribution < -0.4 is 4.74 Å². The van der Waals surface area contributed by atoms with Crippen LogP contribution in [0.25, 0.3) is 5.76 Å². The Balaban J connectivity index is 1.80. The molecule has 1 amide bonds. The number of Topliss-reactive ketones (excluding diaryl/α,β-unsaturated/α-hetero) is 1. The summed E-state index contributed by atoms with van der Waals surface area (Å²) < 4.78 is 10.1. The van der Waals surface area contributed by atoms with Crippen molar-refractivity contribution >= 4 is 23.4 Å². The summed E-state index contributed by atoms with van der Waals surface area (Å²) in [5.74, 6) is -1.72. The number of pyridine rings is 1. The van der Waals surface area contributed by atoms with Gasteiger partial charge in [-0.2, -0.15) is 0 Å². The largest absolute Gasteiger partial charge is 0.507 e. The van der Waals surface area contributed by atoms with Gasteiger partial charge in [-0.15, -0.1) is 0 Å². The fourth-order valence-corrected chi connectivity index (χ4v) is 3.93. The van der Waals surface area contributed by atoms with Gasteiger partial charge >= 0.3 is 5.97 Å². The lowest BCUT2D eigenvalue weighted by molar-refractivity contribution is -0.140. The molecule has 3 aromatic rings. The van der Waals surface area contributed by atoms with Crippen LogP contribution in [0.4, 0.5) is 0 Å². The van der Waals surface area contributed by atoms with Crippen LogP contribution in [-0.4, -0.2) is 46.9 Å². The Morgan fingerprint density at radius 1 is 1.00 bits per heavy atom. The molecule has 0 bridgehead atoms. The fraction of sp³-hybridized carbons (Fsp3) is 0.154. The number of rotatable bonds is 6. The van der Waals surface area contributed by atoms with Gasteiger partial charge in [-0.05, 0) is 47.5 Å². The molecule has 0 spiro atoms. The molecule has 1 atom stereocenters. The predicted octanol–water partition coefficient (Wildman–Crippen LogP) is 3.50. The summed E-state index contributed by atoms with van der Waals surface area (Å²) in [6.07, 6.45) is 2.99. The van der Waals surface area contributed by atoms with Gasteiger partial charge in [0.25, 0.3) is 11.7 Å². The number of amides is 1. The van der Waals surface area contributed by atoms with Crippen molar-refractivity contribution in [1.29, 1.82) is 0 Å². The van der Waals surface area contributed by atoms with E-state index in [2.05, 4.69) is 4.98 Å². The molecule has 0 aliphatic carbocycles. The minimum absolute atomic E-state index is 0.0179. The molecule has 1 unspecified atom stereocenters. The number of hydrogen-bond acceptors (Lipinski definition) is 7. The quantitative estimate of drug-likeness (QED) is 0.261. The van der Waals surface area contributed by atoms with E-state index in [1.165, 1.54) is 31.5 Å². The molecule has 1 aliphatic heterocycles. The van der Waals surface area contributed by atoms with E-state index in [4.69, 9.17) is 9.47 Å². The van der Waals surface area contributed by atoms with Crippen LogP contribution >= 0.6 is 0 Å². The third kappa shape index (κ3) is 4.25. The normalized spacial score (nSPS) is 17.0. The van der Waals surface area contributed by atoms with Gasteiger partial charge in [-0.1, -0.05) is 24.3 Å². The van der Waals surface area contributed by atoms with Gasteiger partial charge in [0.05, 0.1) is 31.4 Å². The Labute approximate surface area is 196 Å². The molecule has 4 rings (SSSR count). The molecular formula is C26H22N2O6. The Hall–Kier alpha value is -4.46. The number of esters is 1. The molecule has 172 valence electrons. The molecule has 1 N–H and O–H groups in total. The summed E-state index contributed by atoms with van der Waals surface area (Å²) in [5.41, 5.74) is 2.04. The first-order valence-corrected chi connectivity index (χ1v) is 10.4. The van der Waals surface area contributed by atoms with E-state index in [1.807, 2.05) is 0 Å². The van der Waals surface area contributed by atoms with E-state index in [-0.39, 0.29) is 17.9 Å². The lowest BCUT2D eigenvalue weighted by Crippen LogP contribution is -2.29. The smallest absolute Gasteiger partial charge is 0.337 e. The van der Waals surface area contributed by atoms with E-state index in [9.17, 15) is 19.5 Å². The Morgan fingerprint density at radius 2 is 1.71 bits per heavy atom. The fourth-order valence-electron chi connectivity index (χ4n) is 3.93. The van der Waals surface area contributed by atoms with Crippen LogP contribution in [0.5, 0.6) is 5.75 Å². The first-order chi connectivity index (χ1) is 16.4. The Bertz CT molecular complexity index is 1270. The third-order valence-electron chi connectivity index (χ3n) is 5.63. The average molecular weight is 458 g/mol. The average Bonchev–Trinajstić information content (AvgIpc) is 3.13. The number of likely N-dealkylation sites (tertiary alicyclic amines) is 1. The lowest BCUT2D eigenvalue weighted by Gasteiger charge is -2.25. The van der Waals surface area contributed by atoms with Crippen molar-refractivity contribution in [2.45, 2.75) is 12.6 Å². The highest BCUT2D eigenvalue weighted by Gasteiger charge is 2.46. The zero-order valence-electron chi connectivity index (χ0n) is 18.6. The van der Waals surface area contributed by atoms with Gasteiger partial charge in [0, 0.05) is 24.5 Å². The molecule has 1 saturated heterocycles. The van der Waals surface area contributed by atoms with Crippen LogP contribution in [0, 0.1) is 0 Å². The van der Waals surface area contributed by atoms with Crippen molar-refractivity contribution in [3.8, 4) is 5.75 Å². The van der Waals surface area contributed by atoms with Crippen molar-refractivity contribution in [3.05, 3.63) is 101 Å². The molecule has 1 fully saturated rings. The van der Waals surface area contributed by atoms with Gasteiger partial charge in [-0.25, -0.2) is 4.79 Å². The number of nitrogens with zero attached hydrogens (tertiary/aromatic N) is 2. The van der Waals surface area contributed by atoms with Crippen molar-refractivity contribution in [3.63, 3.8) is 0 Å². The number of aliphatic hydroxyl groups excluding tert-OH is 1. The number of ether oxygens (including phenoxy) is 2. The SMILES string of the molecule is COC(=O)c1ccc(CN2C(=O)C(=O)/C(=C(/O)c3ccncc3)C2c2cccc(OC)c2)cc1. The zero-order chi connectivity index (χ0) is 24.2. The van der Waals surface area contributed by atoms with E-state index >= 15 is 0 Å². The molecule has 1 aliphatic rings. The maximum absolute atomic E-state index is 13.1. The van der Waals surface area contributed by atoms with E-state index in [0.717, 1.165) is 0 Å². The van der Waals surface area contributed by atoms with Gasteiger partial charge < -0.3 is 19.5 Å². The van der Waals surface area contributed by atoms with Crippen molar-refractivity contribution in [2.24, 2.45) is 0 Å². The first-order valence-electron chi connectivity index (χ1n) is 10.4. The van der Waals surface area contributed by atoms with E-state index < -0.39 is 23.7 Å². The lowest BCUT2D eigenvalue weighted by atomic mass is 9.95. The Morgan fingerprint density at radius 3 is 2.35 bits per heavy atom. The minimum atomic E-state index is -0.844. The highest BCUT2D eigenvalue weighted by molar-refractivity contribution is 6.46. The number of hydrogen-bond donors (Lipinski definition) is 1. The third-order valence-corrected chi connectivity index (χ3v) is 5.63. The number of aliphatic hydroxyl groups is 1. The standard InChI is InChI=1S/C26H22N2O6/c1-33-20-5-3-4-19(14-20)22-21(23(29)17-10-12-27-13-11-17)24(30)25(31)28(22)15-16-6-8-18(9-7-16)26(32)34-2/h3-14,22,29H,15H2,1-2H3/b23-21+. The summed E-state index contributed by atoms with van der Waals surface area (Å²) in [4.78, 5) is 43.3. The van der Waals surface area contributed by atoms with Crippen LogP contribution in [0.2, 0.25) is 0 Å². The summed E-state index contributed by atoms with van der Waals surface area (Å²) in [5, 5.41) is 11.0. The van der Waals surface area contributed by atoms with Gasteiger partial charge in [0.2, 0.25) is 0 Å². The van der Waals surface area contributed by atoms with Crippen LogP contribution in [-0.2, 0) is 20.9 Å². The number of carbonyl (C=O) groups is 3. The van der Waals surface area contributed by atoms with Crippen molar-refractivity contribution in [2.75, 3.05) is 14.2 Å².